The van der Waals surface area contributed by atoms with Gasteiger partial charge in [-0.15, -0.1) is 0 Å². The Balaban J connectivity index is 2.93. The zero-order valence-corrected chi connectivity index (χ0v) is 7.72. The zero-order chi connectivity index (χ0) is 7.84. The van der Waals surface area contributed by atoms with Crippen LogP contribution in [0.2, 0.25) is 0 Å². The summed E-state index contributed by atoms with van der Waals surface area (Å²) in [4.78, 5) is 2.98. The van der Waals surface area contributed by atoms with Gasteiger partial charge >= 0.3 is 0 Å². The lowest BCUT2D eigenvalue weighted by atomic mass is 10.2. The van der Waals surface area contributed by atoms with Crippen molar-refractivity contribution in [1.29, 1.82) is 0 Å². The van der Waals surface area contributed by atoms with E-state index in [0.29, 0.717) is 3.57 Å². The Kier molecular flexibility index (Phi) is 1.60. The van der Waals surface area contributed by atoms with E-state index in [1.165, 1.54) is 6.07 Å². The molecule has 1 aromatic carbocycles. The van der Waals surface area contributed by atoms with E-state index < -0.39 is 0 Å². The highest BCUT2D eigenvalue weighted by Crippen LogP contribution is 2.21. The first-order valence-corrected chi connectivity index (χ1v) is 4.28. The van der Waals surface area contributed by atoms with E-state index in [1.54, 1.807) is 6.07 Å². The molecule has 56 valence electrons. The Morgan fingerprint density at radius 2 is 2.09 bits per heavy atom. The smallest absolute Gasteiger partial charge is 0.138 e. The van der Waals surface area contributed by atoms with Crippen molar-refractivity contribution in [3.8, 4) is 0 Å². The van der Waals surface area contributed by atoms with Gasteiger partial charge in [-0.2, -0.15) is 0 Å². The molecule has 0 saturated heterocycles. The average molecular weight is 261 g/mol. The van der Waals surface area contributed by atoms with Crippen molar-refractivity contribution in [3.05, 3.63) is 33.8 Å². The first-order valence-electron chi connectivity index (χ1n) is 3.20. The fourth-order valence-electron chi connectivity index (χ4n) is 1.07. The molecule has 1 aromatic heterocycles. The van der Waals surface area contributed by atoms with Crippen molar-refractivity contribution in [3.63, 3.8) is 0 Å². The molecule has 2 rings (SSSR count). The van der Waals surface area contributed by atoms with Gasteiger partial charge in [0.2, 0.25) is 0 Å². The number of aromatic amines is 1. The first-order chi connectivity index (χ1) is 5.29. The van der Waals surface area contributed by atoms with Crippen LogP contribution in [0.25, 0.3) is 10.9 Å². The Morgan fingerprint density at radius 3 is 2.91 bits per heavy atom. The van der Waals surface area contributed by atoms with Crippen molar-refractivity contribution < 1.29 is 4.39 Å². The second kappa shape index (κ2) is 2.48. The highest BCUT2D eigenvalue weighted by molar-refractivity contribution is 14.1. The molecule has 0 fully saturated rings. The lowest BCUT2D eigenvalue weighted by Crippen LogP contribution is -1.81. The van der Waals surface area contributed by atoms with Crippen molar-refractivity contribution in [1.82, 2.24) is 4.98 Å². The monoisotopic (exact) mass is 261 g/mol. The third-order valence-corrected chi connectivity index (χ3v) is 2.67. The number of rotatable bonds is 0. The maximum absolute atomic E-state index is 12.9. The largest absolute Gasteiger partial charge is 0.360 e. The lowest BCUT2D eigenvalue weighted by molar-refractivity contribution is 0.622. The third kappa shape index (κ3) is 1.03. The summed E-state index contributed by atoms with van der Waals surface area (Å²) >= 11 is 1.99. The molecule has 0 spiro atoms. The van der Waals surface area contributed by atoms with Gasteiger partial charge in [-0.25, -0.2) is 4.39 Å². The molecule has 0 aliphatic rings. The summed E-state index contributed by atoms with van der Waals surface area (Å²) in [5, 5.41) is 1.05. The molecule has 3 heteroatoms. The van der Waals surface area contributed by atoms with Gasteiger partial charge in [0.05, 0.1) is 9.09 Å². The maximum atomic E-state index is 12.9. The standard InChI is InChI=1S/C8H5FIN/c9-6-2-1-5-3-4-11-8(5)7(6)10/h1-4,11H. The van der Waals surface area contributed by atoms with E-state index >= 15 is 0 Å². The zero-order valence-electron chi connectivity index (χ0n) is 5.57. The first kappa shape index (κ1) is 7.09. The minimum Gasteiger partial charge on any atom is -0.360 e. The normalized spacial score (nSPS) is 10.7. The van der Waals surface area contributed by atoms with Gasteiger partial charge in [0.15, 0.2) is 0 Å². The van der Waals surface area contributed by atoms with E-state index in [9.17, 15) is 4.39 Å². The van der Waals surface area contributed by atoms with Gasteiger partial charge in [-0.1, -0.05) is 0 Å². The van der Waals surface area contributed by atoms with Crippen LogP contribution >= 0.6 is 22.6 Å². The number of hydrogen-bond donors (Lipinski definition) is 1. The molecule has 0 radical (unpaired) electrons. The second-order valence-electron chi connectivity index (χ2n) is 2.30. The van der Waals surface area contributed by atoms with Crippen LogP contribution in [0.3, 0.4) is 0 Å². The van der Waals surface area contributed by atoms with Crippen LogP contribution in [0.1, 0.15) is 0 Å². The van der Waals surface area contributed by atoms with Crippen molar-refractivity contribution >= 4 is 33.5 Å². The predicted molar refractivity (Wildman–Crippen MR) is 51.0 cm³/mol. The predicted octanol–water partition coefficient (Wildman–Crippen LogP) is 2.91. The van der Waals surface area contributed by atoms with Crippen LogP contribution in [-0.2, 0) is 0 Å². The molecule has 1 nitrogen and oxygen atoms in total. The van der Waals surface area contributed by atoms with E-state index in [4.69, 9.17) is 0 Å². The van der Waals surface area contributed by atoms with E-state index in [-0.39, 0.29) is 5.82 Å². The van der Waals surface area contributed by atoms with Crippen LogP contribution < -0.4 is 0 Å². The van der Waals surface area contributed by atoms with Gasteiger partial charge in [0.25, 0.3) is 0 Å². The summed E-state index contributed by atoms with van der Waals surface area (Å²) in [6.45, 7) is 0. The van der Waals surface area contributed by atoms with Crippen molar-refractivity contribution in [2.24, 2.45) is 0 Å². The Morgan fingerprint density at radius 1 is 1.27 bits per heavy atom. The molecule has 11 heavy (non-hydrogen) atoms. The van der Waals surface area contributed by atoms with Crippen molar-refractivity contribution in [2.75, 3.05) is 0 Å². The molecule has 0 atom stereocenters. The average Bonchev–Trinajstić information content (AvgIpc) is 2.45. The Labute approximate surface area is 76.7 Å². The molecule has 0 unspecified atom stereocenters. The topological polar surface area (TPSA) is 15.8 Å². The maximum Gasteiger partial charge on any atom is 0.138 e. The number of fused-ring (bicyclic) bond motifs is 1. The van der Waals surface area contributed by atoms with Gasteiger partial charge in [-0.3, -0.25) is 0 Å². The molecule has 1 N–H and O–H groups in total. The van der Waals surface area contributed by atoms with Crippen LogP contribution in [-0.4, -0.2) is 4.98 Å². The molecule has 0 aliphatic heterocycles. The quantitative estimate of drug-likeness (QED) is 0.702. The van der Waals surface area contributed by atoms with Crippen LogP contribution in [0.5, 0.6) is 0 Å². The minimum atomic E-state index is -0.166. The highest BCUT2D eigenvalue weighted by Gasteiger charge is 2.03. The molecule has 0 aliphatic carbocycles. The number of aromatic nitrogens is 1. The number of halogens is 2. The van der Waals surface area contributed by atoms with Crippen molar-refractivity contribution in [2.45, 2.75) is 0 Å². The lowest BCUT2D eigenvalue weighted by Gasteiger charge is -1.94. The fraction of sp³-hybridized carbons (Fsp3) is 0. The fourth-order valence-corrected chi connectivity index (χ4v) is 1.71. The molecule has 1 heterocycles. The number of hydrogen-bond acceptors (Lipinski definition) is 0. The van der Waals surface area contributed by atoms with E-state index in [1.807, 2.05) is 34.9 Å². The van der Waals surface area contributed by atoms with Crippen LogP contribution in [0, 0.1) is 9.39 Å². The molecule has 0 bridgehead atoms. The summed E-state index contributed by atoms with van der Waals surface area (Å²) in [5.41, 5.74) is 0.880. The van der Waals surface area contributed by atoms with Gasteiger partial charge < -0.3 is 4.98 Å². The molecular weight excluding hydrogens is 256 g/mol. The highest BCUT2D eigenvalue weighted by atomic mass is 127. The number of nitrogens with one attached hydrogen (secondary N) is 1. The molecule has 0 saturated carbocycles. The third-order valence-electron chi connectivity index (χ3n) is 1.62. The van der Waals surface area contributed by atoms with Crippen LogP contribution in [0.15, 0.2) is 24.4 Å². The number of benzene rings is 1. The van der Waals surface area contributed by atoms with E-state index in [2.05, 4.69) is 4.98 Å². The van der Waals surface area contributed by atoms with Crippen LogP contribution in [0.4, 0.5) is 4.39 Å². The summed E-state index contributed by atoms with van der Waals surface area (Å²) < 4.78 is 13.6. The van der Waals surface area contributed by atoms with Gasteiger partial charge in [0, 0.05) is 11.6 Å². The second-order valence-corrected chi connectivity index (χ2v) is 3.38. The summed E-state index contributed by atoms with van der Waals surface area (Å²) in [7, 11) is 0. The van der Waals surface area contributed by atoms with E-state index in [0.717, 1.165) is 10.9 Å². The molecule has 0 amide bonds. The SMILES string of the molecule is Fc1ccc2cc[nH]c2c1I. The minimum absolute atomic E-state index is 0.166. The summed E-state index contributed by atoms with van der Waals surface area (Å²) in [5.74, 6) is -0.166. The molecule has 2 aromatic rings. The van der Waals surface area contributed by atoms with Gasteiger partial charge in [0.1, 0.15) is 5.82 Å². The Hall–Kier alpha value is -0.580. The molecular formula is C8H5FIN. The number of H-pyrrole nitrogens is 1. The Bertz CT molecular complexity index is 394. The van der Waals surface area contributed by atoms with Gasteiger partial charge in [-0.05, 0) is 40.8 Å². The summed E-state index contributed by atoms with van der Waals surface area (Å²) in [6, 6.07) is 5.18. The summed E-state index contributed by atoms with van der Waals surface area (Å²) in [6.07, 6.45) is 1.81.